The summed E-state index contributed by atoms with van der Waals surface area (Å²) in [5.74, 6) is 0.874. The first-order valence-electron chi connectivity index (χ1n) is 6.17. The predicted molar refractivity (Wildman–Crippen MR) is 79.6 cm³/mol. The van der Waals surface area contributed by atoms with Crippen molar-refractivity contribution in [3.63, 3.8) is 0 Å². The van der Waals surface area contributed by atoms with E-state index in [4.69, 9.17) is 4.74 Å². The molecule has 2 aromatic rings. The molecule has 0 amide bonds. The Morgan fingerprint density at radius 2 is 1.95 bits per heavy atom. The molecule has 0 saturated carbocycles. The third-order valence-electron chi connectivity index (χ3n) is 2.71. The van der Waals surface area contributed by atoms with Gasteiger partial charge in [-0.15, -0.1) is 11.8 Å². The van der Waals surface area contributed by atoms with Gasteiger partial charge in [0.05, 0.1) is 5.69 Å². The number of rotatable bonds is 6. The molecule has 1 aromatic heterocycles. The fourth-order valence-electron chi connectivity index (χ4n) is 1.68. The van der Waals surface area contributed by atoms with Crippen molar-refractivity contribution >= 4 is 11.8 Å². The number of aromatic nitrogens is 1. The van der Waals surface area contributed by atoms with Crippen molar-refractivity contribution in [1.82, 2.24) is 10.3 Å². The molecule has 0 aliphatic rings. The number of nitrogens with zero attached hydrogens (tertiary/aromatic N) is 1. The minimum absolute atomic E-state index is 0.498. The molecule has 0 fully saturated rings. The van der Waals surface area contributed by atoms with E-state index in [0.29, 0.717) is 6.61 Å². The number of benzene rings is 1. The van der Waals surface area contributed by atoms with Crippen molar-refractivity contribution in [3.05, 3.63) is 53.9 Å². The zero-order valence-electron chi connectivity index (χ0n) is 11.2. The zero-order valence-corrected chi connectivity index (χ0v) is 12.0. The molecule has 1 N–H and O–H groups in total. The van der Waals surface area contributed by atoms with E-state index in [1.807, 2.05) is 31.4 Å². The van der Waals surface area contributed by atoms with Crippen molar-refractivity contribution < 1.29 is 4.74 Å². The highest BCUT2D eigenvalue weighted by molar-refractivity contribution is 7.98. The third-order valence-corrected chi connectivity index (χ3v) is 3.46. The summed E-state index contributed by atoms with van der Waals surface area (Å²) in [5, 5.41) is 3.10. The van der Waals surface area contributed by atoms with Crippen LogP contribution in [0.4, 0.5) is 0 Å². The van der Waals surface area contributed by atoms with E-state index in [9.17, 15) is 0 Å². The molecule has 1 aromatic carbocycles. The van der Waals surface area contributed by atoms with Gasteiger partial charge in [0.15, 0.2) is 0 Å². The lowest BCUT2D eigenvalue weighted by Crippen LogP contribution is -2.06. The van der Waals surface area contributed by atoms with Gasteiger partial charge in [0, 0.05) is 17.6 Å². The lowest BCUT2D eigenvalue weighted by molar-refractivity contribution is 0.301. The molecule has 19 heavy (non-hydrogen) atoms. The Balaban J connectivity index is 1.90. The first kappa shape index (κ1) is 13.9. The molecule has 0 atom stereocenters. The number of nitrogens with one attached hydrogen (secondary N) is 1. The van der Waals surface area contributed by atoms with Crippen molar-refractivity contribution in [1.29, 1.82) is 0 Å². The molecule has 4 heteroatoms. The fraction of sp³-hybridized carbons (Fsp3) is 0.267. The van der Waals surface area contributed by atoms with Crippen LogP contribution in [0, 0.1) is 0 Å². The number of hydrogen-bond donors (Lipinski definition) is 1. The quantitative estimate of drug-likeness (QED) is 0.821. The van der Waals surface area contributed by atoms with Gasteiger partial charge in [-0.2, -0.15) is 0 Å². The Kier molecular flexibility index (Phi) is 5.24. The van der Waals surface area contributed by atoms with E-state index in [0.717, 1.165) is 18.0 Å². The van der Waals surface area contributed by atoms with Gasteiger partial charge in [0.2, 0.25) is 0 Å². The van der Waals surface area contributed by atoms with Crippen LogP contribution in [0.3, 0.4) is 0 Å². The Morgan fingerprint density at radius 1 is 1.16 bits per heavy atom. The van der Waals surface area contributed by atoms with E-state index in [1.54, 1.807) is 11.8 Å². The van der Waals surface area contributed by atoms with Crippen LogP contribution in [0.15, 0.2) is 47.5 Å². The number of thioether (sulfide) groups is 1. The number of pyridine rings is 1. The smallest absolute Gasteiger partial charge is 0.130 e. The first-order valence-corrected chi connectivity index (χ1v) is 7.39. The van der Waals surface area contributed by atoms with E-state index in [1.165, 1.54) is 10.5 Å². The first-order chi connectivity index (χ1) is 9.31. The summed E-state index contributed by atoms with van der Waals surface area (Å²) >= 11 is 1.72. The molecule has 2 rings (SSSR count). The van der Waals surface area contributed by atoms with Crippen LogP contribution in [0.25, 0.3) is 0 Å². The highest BCUT2D eigenvalue weighted by atomic mass is 32.2. The third kappa shape index (κ3) is 4.26. The predicted octanol–water partition coefficient (Wildman–Crippen LogP) is 3.10. The molecule has 1 heterocycles. The molecule has 100 valence electrons. The average Bonchev–Trinajstić information content (AvgIpc) is 2.47. The van der Waals surface area contributed by atoms with Crippen LogP contribution in [-0.4, -0.2) is 18.3 Å². The molecular weight excluding hydrogens is 256 g/mol. The van der Waals surface area contributed by atoms with Gasteiger partial charge in [0.1, 0.15) is 12.4 Å². The summed E-state index contributed by atoms with van der Waals surface area (Å²) in [5.41, 5.74) is 2.12. The topological polar surface area (TPSA) is 34.1 Å². The molecular formula is C15H18N2OS. The molecule has 0 aliphatic carbocycles. The zero-order chi connectivity index (χ0) is 13.5. The maximum Gasteiger partial charge on any atom is 0.130 e. The fourth-order valence-corrected chi connectivity index (χ4v) is 2.09. The lowest BCUT2D eigenvalue weighted by atomic mass is 10.2. The van der Waals surface area contributed by atoms with E-state index in [2.05, 4.69) is 34.8 Å². The lowest BCUT2D eigenvalue weighted by Gasteiger charge is -2.07. The second kappa shape index (κ2) is 7.16. The van der Waals surface area contributed by atoms with E-state index >= 15 is 0 Å². The molecule has 0 aliphatic heterocycles. The van der Waals surface area contributed by atoms with Crippen LogP contribution in [0.2, 0.25) is 0 Å². The van der Waals surface area contributed by atoms with Gasteiger partial charge in [-0.25, -0.2) is 0 Å². The van der Waals surface area contributed by atoms with E-state index in [-0.39, 0.29) is 0 Å². The minimum Gasteiger partial charge on any atom is -0.487 e. The molecule has 0 spiro atoms. The number of hydrogen-bond acceptors (Lipinski definition) is 4. The molecule has 3 nitrogen and oxygen atoms in total. The van der Waals surface area contributed by atoms with Crippen LogP contribution in [-0.2, 0) is 13.2 Å². The second-order valence-corrected chi connectivity index (χ2v) is 5.03. The number of ether oxygens (including phenoxy) is 1. The largest absolute Gasteiger partial charge is 0.487 e. The van der Waals surface area contributed by atoms with Crippen LogP contribution in [0.5, 0.6) is 5.75 Å². The van der Waals surface area contributed by atoms with Crippen molar-refractivity contribution in [3.8, 4) is 5.75 Å². The maximum absolute atomic E-state index is 5.70. The van der Waals surface area contributed by atoms with Crippen LogP contribution < -0.4 is 10.1 Å². The van der Waals surface area contributed by atoms with Crippen molar-refractivity contribution in [2.75, 3.05) is 13.3 Å². The highest BCUT2D eigenvalue weighted by Crippen LogP contribution is 2.19. The molecule has 0 saturated heterocycles. The van der Waals surface area contributed by atoms with Gasteiger partial charge in [-0.3, -0.25) is 4.98 Å². The SMILES string of the molecule is CNCc1ccc(COc2ccc(SC)cc2)nc1. The molecule has 0 unspecified atom stereocenters. The molecule has 0 radical (unpaired) electrons. The normalized spacial score (nSPS) is 10.4. The van der Waals surface area contributed by atoms with Gasteiger partial charge >= 0.3 is 0 Å². The van der Waals surface area contributed by atoms with E-state index < -0.39 is 0 Å². The van der Waals surface area contributed by atoms with Crippen LogP contribution in [0.1, 0.15) is 11.3 Å². The van der Waals surface area contributed by atoms with Gasteiger partial charge in [-0.05, 0) is 49.2 Å². The summed E-state index contributed by atoms with van der Waals surface area (Å²) in [6.45, 7) is 1.34. The minimum atomic E-state index is 0.498. The van der Waals surface area contributed by atoms with Crippen LogP contribution >= 0.6 is 11.8 Å². The van der Waals surface area contributed by atoms with Crippen molar-refractivity contribution in [2.24, 2.45) is 0 Å². The summed E-state index contributed by atoms with van der Waals surface area (Å²) in [7, 11) is 1.93. The monoisotopic (exact) mass is 274 g/mol. The summed E-state index contributed by atoms with van der Waals surface area (Å²) in [6.07, 6.45) is 3.94. The standard InChI is InChI=1S/C15H18N2OS/c1-16-9-12-3-4-13(17-10-12)11-18-14-5-7-15(19-2)8-6-14/h3-8,10,16H,9,11H2,1-2H3. The van der Waals surface area contributed by atoms with Gasteiger partial charge in [-0.1, -0.05) is 6.07 Å². The van der Waals surface area contributed by atoms with Crippen molar-refractivity contribution in [2.45, 2.75) is 18.0 Å². The summed E-state index contributed by atoms with van der Waals surface area (Å²) in [4.78, 5) is 5.61. The highest BCUT2D eigenvalue weighted by Gasteiger charge is 1.98. The summed E-state index contributed by atoms with van der Waals surface area (Å²) in [6, 6.07) is 12.2. The average molecular weight is 274 g/mol. The maximum atomic E-state index is 5.70. The Morgan fingerprint density at radius 3 is 2.53 bits per heavy atom. The Labute approximate surface area is 118 Å². The summed E-state index contributed by atoms with van der Waals surface area (Å²) < 4.78 is 5.70. The van der Waals surface area contributed by atoms with Gasteiger partial charge in [0.25, 0.3) is 0 Å². The molecule has 0 bridgehead atoms. The Hall–Kier alpha value is -1.52. The van der Waals surface area contributed by atoms with Gasteiger partial charge < -0.3 is 10.1 Å². The second-order valence-electron chi connectivity index (χ2n) is 4.15. The Bertz CT molecular complexity index is 497.